The second-order valence-corrected chi connectivity index (χ2v) is 4.02. The number of carbonyl (C=O) groups excluding carboxylic acids is 1. The smallest absolute Gasteiger partial charge is 0.318 e. The summed E-state index contributed by atoms with van der Waals surface area (Å²) in [4.78, 5) is 10.8. The maximum absolute atomic E-state index is 12.1. The third kappa shape index (κ3) is 2.61. The number of amides is 1. The summed E-state index contributed by atoms with van der Waals surface area (Å²) in [5.41, 5.74) is 1.20. The molecule has 0 atom stereocenters. The average Bonchev–Trinajstić information content (AvgIpc) is 2.28. The molecule has 0 aliphatic heterocycles. The fourth-order valence-electron chi connectivity index (χ4n) is 1.64. The van der Waals surface area contributed by atoms with E-state index in [9.17, 15) is 18.0 Å². The Bertz CT molecular complexity index is 605. The molecule has 1 N–H and O–H groups in total. The van der Waals surface area contributed by atoms with E-state index in [2.05, 4.69) is 0 Å². The minimum atomic E-state index is -4.87. The third-order valence-electron chi connectivity index (χ3n) is 2.51. The Morgan fingerprint density at radius 2 is 1.67 bits per heavy atom. The summed E-state index contributed by atoms with van der Waals surface area (Å²) in [6.07, 6.45) is -4.87. The minimum Gasteiger partial charge on any atom is -0.318 e. The Morgan fingerprint density at radius 1 is 1.06 bits per heavy atom. The zero-order chi connectivity index (χ0) is 13.3. The van der Waals surface area contributed by atoms with Crippen molar-refractivity contribution in [1.82, 2.24) is 0 Å². The highest BCUT2D eigenvalue weighted by atomic mass is 19.4. The van der Waals surface area contributed by atoms with Crippen LogP contribution < -0.4 is 5.32 Å². The molecule has 0 spiro atoms. The zero-order valence-electron chi connectivity index (χ0n) is 9.51. The number of anilines is 1. The third-order valence-corrected chi connectivity index (χ3v) is 2.51. The number of hydrogen-bond donors (Lipinski definition) is 1. The SMILES string of the molecule is Cc1ccc2cc(NC(=O)C(F)(F)F)ccc2c1. The molecule has 0 aliphatic rings. The number of rotatable bonds is 1. The predicted molar refractivity (Wildman–Crippen MR) is 63.4 cm³/mol. The number of aryl methyl sites for hydroxylation is 1. The molecule has 0 saturated heterocycles. The molecule has 1 amide bonds. The molecule has 2 aromatic rings. The molecular formula is C13H10F3NO. The van der Waals surface area contributed by atoms with Crippen LogP contribution in [-0.2, 0) is 4.79 Å². The Labute approximate surface area is 101 Å². The van der Waals surface area contributed by atoms with Crippen molar-refractivity contribution >= 4 is 22.4 Å². The first-order chi connectivity index (χ1) is 8.36. The first-order valence-corrected chi connectivity index (χ1v) is 5.25. The number of nitrogens with one attached hydrogen (secondary N) is 1. The molecule has 0 aliphatic carbocycles. The lowest BCUT2D eigenvalue weighted by Crippen LogP contribution is -2.29. The molecular weight excluding hydrogens is 243 g/mol. The maximum Gasteiger partial charge on any atom is 0.471 e. The molecule has 2 nitrogen and oxygen atoms in total. The molecule has 0 radical (unpaired) electrons. The van der Waals surface area contributed by atoms with Gasteiger partial charge in [0.25, 0.3) is 0 Å². The maximum atomic E-state index is 12.1. The number of benzene rings is 2. The molecule has 0 fully saturated rings. The fraction of sp³-hybridized carbons (Fsp3) is 0.154. The molecule has 94 valence electrons. The van der Waals surface area contributed by atoms with Gasteiger partial charge in [-0.1, -0.05) is 29.8 Å². The highest BCUT2D eigenvalue weighted by Gasteiger charge is 2.38. The van der Waals surface area contributed by atoms with Crippen LogP contribution in [0.4, 0.5) is 18.9 Å². The predicted octanol–water partition coefficient (Wildman–Crippen LogP) is 3.65. The van der Waals surface area contributed by atoms with Crippen molar-refractivity contribution in [2.24, 2.45) is 0 Å². The van der Waals surface area contributed by atoms with Gasteiger partial charge >= 0.3 is 12.1 Å². The van der Waals surface area contributed by atoms with Crippen LogP contribution >= 0.6 is 0 Å². The van der Waals surface area contributed by atoms with Gasteiger partial charge in [0.1, 0.15) is 0 Å². The molecule has 18 heavy (non-hydrogen) atoms. The van der Waals surface area contributed by atoms with E-state index >= 15 is 0 Å². The Morgan fingerprint density at radius 3 is 2.33 bits per heavy atom. The van der Waals surface area contributed by atoms with Crippen molar-refractivity contribution in [3.8, 4) is 0 Å². The van der Waals surface area contributed by atoms with E-state index in [0.717, 1.165) is 16.3 Å². The van der Waals surface area contributed by atoms with Gasteiger partial charge in [0, 0.05) is 5.69 Å². The van der Waals surface area contributed by atoms with Gasteiger partial charge in [0.2, 0.25) is 0 Å². The Kier molecular flexibility index (Phi) is 2.98. The van der Waals surface area contributed by atoms with Gasteiger partial charge < -0.3 is 5.32 Å². The first-order valence-electron chi connectivity index (χ1n) is 5.25. The highest BCUT2D eigenvalue weighted by molar-refractivity contribution is 5.97. The van der Waals surface area contributed by atoms with Gasteiger partial charge in [0.05, 0.1) is 0 Å². The molecule has 2 rings (SSSR count). The summed E-state index contributed by atoms with van der Waals surface area (Å²) in [6, 6.07) is 10.2. The number of carbonyl (C=O) groups is 1. The van der Waals surface area contributed by atoms with E-state index in [1.807, 2.05) is 24.4 Å². The average molecular weight is 253 g/mol. The summed E-state index contributed by atoms with van der Waals surface area (Å²) in [7, 11) is 0. The van der Waals surface area contributed by atoms with Crippen molar-refractivity contribution in [1.29, 1.82) is 0 Å². The van der Waals surface area contributed by atoms with Gasteiger partial charge in [-0.3, -0.25) is 4.79 Å². The van der Waals surface area contributed by atoms with E-state index in [1.54, 1.807) is 12.1 Å². The minimum absolute atomic E-state index is 0.133. The zero-order valence-corrected chi connectivity index (χ0v) is 9.51. The number of fused-ring (bicyclic) bond motifs is 1. The van der Waals surface area contributed by atoms with Crippen LogP contribution in [0.1, 0.15) is 5.56 Å². The van der Waals surface area contributed by atoms with Crippen LogP contribution in [0.15, 0.2) is 36.4 Å². The van der Waals surface area contributed by atoms with Crippen LogP contribution in [0.25, 0.3) is 10.8 Å². The van der Waals surface area contributed by atoms with Gasteiger partial charge in [-0.15, -0.1) is 0 Å². The number of hydrogen-bond acceptors (Lipinski definition) is 1. The van der Waals surface area contributed by atoms with E-state index < -0.39 is 12.1 Å². The normalized spacial score (nSPS) is 11.6. The molecule has 2 aromatic carbocycles. The van der Waals surface area contributed by atoms with Gasteiger partial charge in [-0.05, 0) is 29.8 Å². The quantitative estimate of drug-likeness (QED) is 0.825. The molecule has 0 heterocycles. The van der Waals surface area contributed by atoms with Gasteiger partial charge in [-0.25, -0.2) is 0 Å². The van der Waals surface area contributed by atoms with E-state index in [-0.39, 0.29) is 5.69 Å². The van der Waals surface area contributed by atoms with Crippen molar-refractivity contribution in [3.63, 3.8) is 0 Å². The second kappa shape index (κ2) is 4.33. The summed E-state index contributed by atoms with van der Waals surface area (Å²) in [6.45, 7) is 1.93. The largest absolute Gasteiger partial charge is 0.471 e. The van der Waals surface area contributed by atoms with Crippen LogP contribution in [0.2, 0.25) is 0 Å². The van der Waals surface area contributed by atoms with Crippen molar-refractivity contribution < 1.29 is 18.0 Å². The second-order valence-electron chi connectivity index (χ2n) is 4.02. The molecule has 0 unspecified atom stereocenters. The number of halogens is 3. The lowest BCUT2D eigenvalue weighted by Gasteiger charge is -2.09. The lowest BCUT2D eigenvalue weighted by molar-refractivity contribution is -0.167. The van der Waals surface area contributed by atoms with Gasteiger partial charge in [0.15, 0.2) is 0 Å². The summed E-state index contributed by atoms with van der Waals surface area (Å²) in [5.74, 6) is -1.96. The van der Waals surface area contributed by atoms with Crippen LogP contribution in [0.3, 0.4) is 0 Å². The van der Waals surface area contributed by atoms with E-state index in [0.29, 0.717) is 0 Å². The fourth-order valence-corrected chi connectivity index (χ4v) is 1.64. The van der Waals surface area contributed by atoms with Crippen LogP contribution in [-0.4, -0.2) is 12.1 Å². The van der Waals surface area contributed by atoms with Crippen molar-refractivity contribution in [3.05, 3.63) is 42.0 Å². The van der Waals surface area contributed by atoms with Crippen molar-refractivity contribution in [2.45, 2.75) is 13.1 Å². The summed E-state index contributed by atoms with van der Waals surface area (Å²) < 4.78 is 36.3. The summed E-state index contributed by atoms with van der Waals surface area (Å²) in [5, 5.41) is 3.52. The number of alkyl halides is 3. The van der Waals surface area contributed by atoms with Crippen molar-refractivity contribution in [2.75, 3.05) is 5.32 Å². The summed E-state index contributed by atoms with van der Waals surface area (Å²) >= 11 is 0. The lowest BCUT2D eigenvalue weighted by atomic mass is 10.1. The highest BCUT2D eigenvalue weighted by Crippen LogP contribution is 2.22. The van der Waals surface area contributed by atoms with Crippen LogP contribution in [0.5, 0.6) is 0 Å². The molecule has 0 bridgehead atoms. The Hall–Kier alpha value is -2.04. The van der Waals surface area contributed by atoms with E-state index in [4.69, 9.17) is 0 Å². The van der Waals surface area contributed by atoms with E-state index in [1.165, 1.54) is 12.1 Å². The topological polar surface area (TPSA) is 29.1 Å². The van der Waals surface area contributed by atoms with Crippen LogP contribution in [0, 0.1) is 6.92 Å². The monoisotopic (exact) mass is 253 g/mol. The van der Waals surface area contributed by atoms with Gasteiger partial charge in [-0.2, -0.15) is 13.2 Å². The first kappa shape index (κ1) is 12.4. The molecule has 5 heteroatoms. The molecule has 0 saturated carbocycles. The standard InChI is InChI=1S/C13H10F3NO/c1-8-2-3-10-7-11(5-4-9(10)6-8)17-12(18)13(14,15)16/h2-7H,1H3,(H,17,18). The Balaban J connectivity index is 2.31. The molecule has 0 aromatic heterocycles.